The van der Waals surface area contributed by atoms with E-state index in [0.29, 0.717) is 17.6 Å². The zero-order valence-electron chi connectivity index (χ0n) is 10.5. The van der Waals surface area contributed by atoms with E-state index in [-0.39, 0.29) is 0 Å². The zero-order valence-corrected chi connectivity index (χ0v) is 10.5. The zero-order chi connectivity index (χ0) is 10.8. The van der Waals surface area contributed by atoms with Gasteiger partial charge in [-0.2, -0.15) is 0 Å². The molecule has 1 aliphatic rings. The van der Waals surface area contributed by atoms with E-state index in [1.165, 1.54) is 25.7 Å². The molecule has 14 heavy (non-hydrogen) atoms. The van der Waals surface area contributed by atoms with Gasteiger partial charge in [-0.15, -0.1) is 0 Å². The number of hydrogen-bond donors (Lipinski definition) is 0. The van der Waals surface area contributed by atoms with Gasteiger partial charge in [0.05, 0.1) is 12.2 Å². The third-order valence-electron chi connectivity index (χ3n) is 3.36. The summed E-state index contributed by atoms with van der Waals surface area (Å²) in [5.74, 6) is 0.898. The summed E-state index contributed by atoms with van der Waals surface area (Å²) in [6.45, 7) is 11.4. The number of ether oxygens (including phenoxy) is 1. The highest BCUT2D eigenvalue weighted by atomic mass is 16.5. The Morgan fingerprint density at radius 3 is 1.86 bits per heavy atom. The largest absolute Gasteiger partial charge is 0.376 e. The summed E-state index contributed by atoms with van der Waals surface area (Å²) in [5.41, 5.74) is 0.489. The van der Waals surface area contributed by atoms with Crippen LogP contribution in [-0.4, -0.2) is 12.2 Å². The molecule has 0 aromatic heterocycles. The van der Waals surface area contributed by atoms with Gasteiger partial charge in [0.25, 0.3) is 0 Å². The molecule has 0 spiro atoms. The van der Waals surface area contributed by atoms with Gasteiger partial charge in [-0.25, -0.2) is 0 Å². The van der Waals surface area contributed by atoms with Crippen molar-refractivity contribution in [1.82, 2.24) is 0 Å². The van der Waals surface area contributed by atoms with Crippen molar-refractivity contribution in [2.75, 3.05) is 0 Å². The maximum Gasteiger partial charge on any atom is 0.0578 e. The summed E-state index contributed by atoms with van der Waals surface area (Å²) in [7, 11) is 0. The van der Waals surface area contributed by atoms with Crippen LogP contribution in [0.15, 0.2) is 0 Å². The van der Waals surface area contributed by atoms with Crippen molar-refractivity contribution in [3.63, 3.8) is 0 Å². The Kier molecular flexibility index (Phi) is 4.00. The van der Waals surface area contributed by atoms with Crippen molar-refractivity contribution < 1.29 is 4.74 Å². The quantitative estimate of drug-likeness (QED) is 0.651. The molecule has 0 saturated heterocycles. The highest BCUT2D eigenvalue weighted by Gasteiger charge is 2.30. The van der Waals surface area contributed by atoms with E-state index in [4.69, 9.17) is 4.74 Å². The number of rotatable bonds is 2. The molecule has 1 heteroatoms. The third-order valence-corrected chi connectivity index (χ3v) is 3.36. The van der Waals surface area contributed by atoms with Gasteiger partial charge in [-0.3, -0.25) is 0 Å². The lowest BCUT2D eigenvalue weighted by atomic mass is 9.72. The number of hydrogen-bond acceptors (Lipinski definition) is 1. The van der Waals surface area contributed by atoms with Crippen LogP contribution in [0.5, 0.6) is 0 Å². The van der Waals surface area contributed by atoms with E-state index in [1.807, 2.05) is 0 Å². The SMILES string of the molecule is CC(C)OC1CCC(C(C)(C)C)CC1. The van der Waals surface area contributed by atoms with Gasteiger partial charge < -0.3 is 4.74 Å². The van der Waals surface area contributed by atoms with Gasteiger partial charge in [0.15, 0.2) is 0 Å². The van der Waals surface area contributed by atoms with E-state index >= 15 is 0 Å². The van der Waals surface area contributed by atoms with Crippen molar-refractivity contribution in [2.45, 2.75) is 72.5 Å². The molecular weight excluding hydrogens is 172 g/mol. The van der Waals surface area contributed by atoms with Gasteiger partial charge >= 0.3 is 0 Å². The van der Waals surface area contributed by atoms with Gasteiger partial charge in [0.1, 0.15) is 0 Å². The van der Waals surface area contributed by atoms with Crippen molar-refractivity contribution in [2.24, 2.45) is 11.3 Å². The minimum Gasteiger partial charge on any atom is -0.376 e. The fourth-order valence-corrected chi connectivity index (χ4v) is 2.45. The van der Waals surface area contributed by atoms with E-state index in [9.17, 15) is 0 Å². The molecule has 84 valence electrons. The van der Waals surface area contributed by atoms with E-state index in [1.54, 1.807) is 0 Å². The third kappa shape index (κ3) is 3.61. The molecule has 0 aliphatic heterocycles. The molecule has 0 aromatic carbocycles. The van der Waals surface area contributed by atoms with Crippen LogP contribution in [0.1, 0.15) is 60.3 Å². The van der Waals surface area contributed by atoms with Crippen LogP contribution in [0, 0.1) is 11.3 Å². The standard InChI is InChI=1S/C13H26O/c1-10(2)14-12-8-6-11(7-9-12)13(3,4)5/h10-12H,6-9H2,1-5H3. The van der Waals surface area contributed by atoms with Crippen LogP contribution in [0.2, 0.25) is 0 Å². The van der Waals surface area contributed by atoms with Crippen molar-refractivity contribution in [1.29, 1.82) is 0 Å². The smallest absolute Gasteiger partial charge is 0.0578 e. The molecule has 1 aliphatic carbocycles. The fourth-order valence-electron chi connectivity index (χ4n) is 2.45. The summed E-state index contributed by atoms with van der Waals surface area (Å²) in [6, 6.07) is 0. The first-order valence-electron chi connectivity index (χ1n) is 6.05. The van der Waals surface area contributed by atoms with Gasteiger partial charge in [0, 0.05) is 0 Å². The van der Waals surface area contributed by atoms with E-state index < -0.39 is 0 Å². The van der Waals surface area contributed by atoms with Crippen LogP contribution in [0.3, 0.4) is 0 Å². The average molecular weight is 198 g/mol. The van der Waals surface area contributed by atoms with Crippen LogP contribution < -0.4 is 0 Å². The highest BCUT2D eigenvalue weighted by Crippen LogP contribution is 2.38. The van der Waals surface area contributed by atoms with Crippen LogP contribution in [0.4, 0.5) is 0 Å². The predicted molar refractivity (Wildman–Crippen MR) is 61.4 cm³/mol. The van der Waals surface area contributed by atoms with Crippen LogP contribution >= 0.6 is 0 Å². The fraction of sp³-hybridized carbons (Fsp3) is 1.00. The molecule has 0 heterocycles. The molecule has 0 unspecified atom stereocenters. The molecule has 1 saturated carbocycles. The van der Waals surface area contributed by atoms with Crippen molar-refractivity contribution >= 4 is 0 Å². The first kappa shape index (κ1) is 12.0. The maximum atomic E-state index is 5.85. The Balaban J connectivity index is 2.31. The lowest BCUT2D eigenvalue weighted by Crippen LogP contribution is -2.30. The van der Waals surface area contributed by atoms with E-state index in [2.05, 4.69) is 34.6 Å². The first-order chi connectivity index (χ1) is 6.39. The molecule has 0 atom stereocenters. The minimum absolute atomic E-state index is 0.395. The summed E-state index contributed by atoms with van der Waals surface area (Å²) in [4.78, 5) is 0. The molecule has 1 fully saturated rings. The summed E-state index contributed by atoms with van der Waals surface area (Å²) in [6.07, 6.45) is 6.15. The minimum atomic E-state index is 0.395. The molecule has 0 amide bonds. The topological polar surface area (TPSA) is 9.23 Å². The Hall–Kier alpha value is -0.0400. The molecule has 0 N–H and O–H groups in total. The second-order valence-electron chi connectivity index (χ2n) is 6.02. The summed E-state index contributed by atoms with van der Waals surface area (Å²) < 4.78 is 5.85. The van der Waals surface area contributed by atoms with Crippen molar-refractivity contribution in [3.05, 3.63) is 0 Å². The average Bonchev–Trinajstić information content (AvgIpc) is 2.02. The normalized spacial score (nSPS) is 29.6. The lowest BCUT2D eigenvalue weighted by molar-refractivity contribution is -0.0292. The monoisotopic (exact) mass is 198 g/mol. The van der Waals surface area contributed by atoms with Crippen LogP contribution in [-0.2, 0) is 4.74 Å². The Labute approximate surface area is 89.2 Å². The second-order valence-corrected chi connectivity index (χ2v) is 6.02. The van der Waals surface area contributed by atoms with Crippen LogP contribution in [0.25, 0.3) is 0 Å². The molecular formula is C13H26O. The van der Waals surface area contributed by atoms with Gasteiger partial charge in [-0.1, -0.05) is 20.8 Å². The Morgan fingerprint density at radius 1 is 1.00 bits per heavy atom. The summed E-state index contributed by atoms with van der Waals surface area (Å²) >= 11 is 0. The molecule has 1 rings (SSSR count). The molecule has 0 radical (unpaired) electrons. The Morgan fingerprint density at radius 2 is 1.50 bits per heavy atom. The van der Waals surface area contributed by atoms with E-state index in [0.717, 1.165) is 5.92 Å². The van der Waals surface area contributed by atoms with Gasteiger partial charge in [0.2, 0.25) is 0 Å². The second kappa shape index (κ2) is 4.65. The van der Waals surface area contributed by atoms with Crippen molar-refractivity contribution in [3.8, 4) is 0 Å². The predicted octanol–water partition coefficient (Wildman–Crippen LogP) is 4.02. The Bertz CT molecular complexity index is 159. The highest BCUT2D eigenvalue weighted by molar-refractivity contribution is 4.80. The first-order valence-corrected chi connectivity index (χ1v) is 6.05. The molecule has 0 bridgehead atoms. The lowest BCUT2D eigenvalue weighted by Gasteiger charge is -2.37. The van der Waals surface area contributed by atoms with Gasteiger partial charge in [-0.05, 0) is 50.9 Å². The summed E-state index contributed by atoms with van der Waals surface area (Å²) in [5, 5.41) is 0. The molecule has 1 nitrogen and oxygen atoms in total. The molecule has 0 aromatic rings. The maximum absolute atomic E-state index is 5.85.